The molecular formula is C19H18N5O3S-. The van der Waals surface area contributed by atoms with E-state index >= 15 is 0 Å². The molecule has 0 spiro atoms. The number of pyridine rings is 1. The summed E-state index contributed by atoms with van der Waals surface area (Å²) in [5.41, 5.74) is 4.16. The summed E-state index contributed by atoms with van der Waals surface area (Å²) in [6, 6.07) is 11.2. The van der Waals surface area contributed by atoms with Crippen LogP contribution in [0.2, 0.25) is 0 Å². The van der Waals surface area contributed by atoms with Crippen molar-refractivity contribution < 1.29 is 13.5 Å². The number of nitrogens with one attached hydrogen (secondary N) is 1. The van der Waals surface area contributed by atoms with Gasteiger partial charge in [-0.25, -0.2) is 4.98 Å². The normalized spacial score (nSPS) is 12.2. The highest BCUT2D eigenvalue weighted by Gasteiger charge is 2.18. The molecule has 0 bridgehead atoms. The van der Waals surface area contributed by atoms with Gasteiger partial charge in [-0.2, -0.15) is 5.10 Å². The van der Waals surface area contributed by atoms with Crippen molar-refractivity contribution in [2.24, 2.45) is 7.05 Å². The summed E-state index contributed by atoms with van der Waals surface area (Å²) in [6.07, 6.45) is 5.66. The molecule has 0 aliphatic carbocycles. The molecule has 1 aromatic carbocycles. The topological polar surface area (TPSA) is 97.0 Å². The van der Waals surface area contributed by atoms with Crippen LogP contribution in [0.4, 0.5) is 5.69 Å². The van der Waals surface area contributed by atoms with Crippen molar-refractivity contribution >= 4 is 27.9 Å². The van der Waals surface area contributed by atoms with Gasteiger partial charge in [0.05, 0.1) is 23.9 Å². The molecule has 0 amide bonds. The van der Waals surface area contributed by atoms with Gasteiger partial charge in [-0.05, 0) is 29.8 Å². The Kier molecular flexibility index (Phi) is 4.84. The molecule has 144 valence electrons. The number of anilines is 1. The molecule has 9 heteroatoms. The highest BCUT2D eigenvalue weighted by atomic mass is 32.2. The molecule has 1 atom stereocenters. The Hall–Kier alpha value is -3.17. The Labute approximate surface area is 164 Å². The van der Waals surface area contributed by atoms with E-state index in [0.29, 0.717) is 18.1 Å². The van der Waals surface area contributed by atoms with E-state index in [1.165, 1.54) is 0 Å². The average Bonchev–Trinajstić information content (AvgIpc) is 3.28. The summed E-state index contributed by atoms with van der Waals surface area (Å²) >= 11 is -2.33. The van der Waals surface area contributed by atoms with Crippen LogP contribution in [0.5, 0.6) is 5.88 Å². The standard InChI is InChI=1S/C19H19N5O3S/c1-23-9-8-16(21-23)17-18-14(11-20-19(17)27-2)7-10-24(18)12-13-3-5-15(6-4-13)22-28(25)26/h3-11,22H,12H2,1-2H3,(H,25,26)/p-1. The van der Waals surface area contributed by atoms with E-state index in [4.69, 9.17) is 4.74 Å². The minimum atomic E-state index is -2.33. The van der Waals surface area contributed by atoms with Crippen LogP contribution in [0.25, 0.3) is 22.2 Å². The smallest absolute Gasteiger partial charge is 0.224 e. The number of ether oxygens (including phenoxy) is 1. The number of aryl methyl sites for hydroxylation is 1. The van der Waals surface area contributed by atoms with Gasteiger partial charge in [-0.15, -0.1) is 0 Å². The maximum absolute atomic E-state index is 10.8. The Morgan fingerprint density at radius 3 is 2.61 bits per heavy atom. The molecule has 4 rings (SSSR count). The van der Waals surface area contributed by atoms with Crippen molar-refractivity contribution in [1.29, 1.82) is 0 Å². The Bertz CT molecular complexity index is 1150. The number of aromatic nitrogens is 4. The molecule has 28 heavy (non-hydrogen) atoms. The molecule has 4 aromatic rings. The number of hydrogen-bond acceptors (Lipinski definition) is 5. The van der Waals surface area contributed by atoms with E-state index in [0.717, 1.165) is 27.7 Å². The molecule has 1 N–H and O–H groups in total. The van der Waals surface area contributed by atoms with E-state index in [2.05, 4.69) is 19.4 Å². The monoisotopic (exact) mass is 396 g/mol. The third kappa shape index (κ3) is 3.49. The van der Waals surface area contributed by atoms with Crippen molar-refractivity contribution in [1.82, 2.24) is 19.3 Å². The van der Waals surface area contributed by atoms with E-state index in [-0.39, 0.29) is 0 Å². The summed E-state index contributed by atoms with van der Waals surface area (Å²) < 4.78 is 33.2. The molecule has 0 aliphatic heterocycles. The van der Waals surface area contributed by atoms with Crippen molar-refractivity contribution in [3.63, 3.8) is 0 Å². The van der Waals surface area contributed by atoms with Gasteiger partial charge in [0.25, 0.3) is 0 Å². The van der Waals surface area contributed by atoms with Gasteiger partial charge in [-0.1, -0.05) is 12.1 Å². The van der Waals surface area contributed by atoms with Crippen LogP contribution in [0.3, 0.4) is 0 Å². The van der Waals surface area contributed by atoms with Gasteiger partial charge in [0.1, 0.15) is 0 Å². The van der Waals surface area contributed by atoms with Crippen molar-refractivity contribution in [3.8, 4) is 17.1 Å². The van der Waals surface area contributed by atoms with Crippen LogP contribution in [-0.2, 0) is 24.9 Å². The first-order chi connectivity index (χ1) is 13.5. The number of methoxy groups -OCH3 is 1. The van der Waals surface area contributed by atoms with Gasteiger partial charge in [0.2, 0.25) is 5.88 Å². The lowest BCUT2D eigenvalue weighted by Gasteiger charge is -2.13. The minimum absolute atomic E-state index is 0.517. The second-order valence-electron chi connectivity index (χ2n) is 6.30. The zero-order valence-electron chi connectivity index (χ0n) is 15.3. The summed E-state index contributed by atoms with van der Waals surface area (Å²) in [5.74, 6) is 0.517. The summed E-state index contributed by atoms with van der Waals surface area (Å²) in [7, 11) is 3.46. The molecular weight excluding hydrogens is 378 g/mol. The molecule has 3 heterocycles. The molecule has 8 nitrogen and oxygen atoms in total. The van der Waals surface area contributed by atoms with Crippen molar-refractivity contribution in [3.05, 3.63) is 60.6 Å². The summed E-state index contributed by atoms with van der Waals surface area (Å²) in [5, 5.41) is 5.51. The third-order valence-corrected chi connectivity index (χ3v) is 4.84. The number of benzene rings is 1. The SMILES string of the molecule is COc1ncc2ccn(Cc3ccc(NS(=O)[O-])cc3)c2c1-c1ccn(C)n1. The van der Waals surface area contributed by atoms with E-state index in [9.17, 15) is 8.76 Å². The van der Waals surface area contributed by atoms with Crippen LogP contribution in [0.1, 0.15) is 5.56 Å². The van der Waals surface area contributed by atoms with Gasteiger partial charge < -0.3 is 18.6 Å². The highest BCUT2D eigenvalue weighted by molar-refractivity contribution is 7.80. The molecule has 0 aliphatic rings. The van der Waals surface area contributed by atoms with Crippen LogP contribution in [-0.4, -0.2) is 35.2 Å². The lowest BCUT2D eigenvalue weighted by molar-refractivity contribution is 0.400. The lowest BCUT2D eigenvalue weighted by atomic mass is 10.1. The first-order valence-corrected chi connectivity index (χ1v) is 9.59. The Balaban J connectivity index is 1.77. The lowest BCUT2D eigenvalue weighted by Crippen LogP contribution is -2.03. The molecule has 0 saturated carbocycles. The second kappa shape index (κ2) is 7.45. The Morgan fingerprint density at radius 2 is 1.96 bits per heavy atom. The second-order valence-corrected chi connectivity index (χ2v) is 6.97. The fourth-order valence-corrected chi connectivity index (χ4v) is 3.54. The predicted octanol–water partition coefficient (Wildman–Crippen LogP) is 2.70. The van der Waals surface area contributed by atoms with Crippen molar-refractivity contribution in [2.75, 3.05) is 11.8 Å². The molecule has 0 saturated heterocycles. The maximum atomic E-state index is 10.8. The molecule has 0 radical (unpaired) electrons. The third-order valence-electron chi connectivity index (χ3n) is 4.44. The van der Waals surface area contributed by atoms with E-state index < -0.39 is 11.3 Å². The molecule has 0 fully saturated rings. The summed E-state index contributed by atoms with van der Waals surface area (Å²) in [6.45, 7) is 0.608. The average molecular weight is 396 g/mol. The van der Waals surface area contributed by atoms with Crippen LogP contribution in [0, 0.1) is 0 Å². The fourth-order valence-electron chi connectivity index (χ4n) is 3.21. The largest absolute Gasteiger partial charge is 0.755 e. The number of hydrogen-bond donors (Lipinski definition) is 1. The van der Waals surface area contributed by atoms with E-state index in [1.54, 1.807) is 30.1 Å². The molecule has 1 unspecified atom stereocenters. The number of nitrogens with zero attached hydrogens (tertiary/aromatic N) is 4. The zero-order valence-corrected chi connectivity index (χ0v) is 16.1. The van der Waals surface area contributed by atoms with E-state index in [1.807, 2.05) is 43.7 Å². The van der Waals surface area contributed by atoms with Gasteiger partial charge >= 0.3 is 0 Å². The quantitative estimate of drug-likeness (QED) is 0.506. The first-order valence-electron chi connectivity index (χ1n) is 8.52. The van der Waals surface area contributed by atoms with Gasteiger partial charge in [-0.3, -0.25) is 8.89 Å². The summed E-state index contributed by atoms with van der Waals surface area (Å²) in [4.78, 5) is 4.42. The number of fused-ring (bicyclic) bond motifs is 1. The van der Waals surface area contributed by atoms with Crippen molar-refractivity contribution in [2.45, 2.75) is 6.54 Å². The zero-order chi connectivity index (χ0) is 19.7. The van der Waals surface area contributed by atoms with Crippen LogP contribution < -0.4 is 9.46 Å². The number of rotatable bonds is 6. The predicted molar refractivity (Wildman–Crippen MR) is 107 cm³/mol. The van der Waals surface area contributed by atoms with Gasteiger partial charge in [0, 0.05) is 54.5 Å². The fraction of sp³-hybridized carbons (Fsp3) is 0.158. The first kappa shape index (κ1) is 18.2. The van der Waals surface area contributed by atoms with Crippen LogP contribution >= 0.6 is 0 Å². The van der Waals surface area contributed by atoms with Gasteiger partial charge in [0.15, 0.2) is 0 Å². The Morgan fingerprint density at radius 1 is 1.18 bits per heavy atom. The highest BCUT2D eigenvalue weighted by Crippen LogP contribution is 2.35. The van der Waals surface area contributed by atoms with Crippen LogP contribution in [0.15, 0.2) is 55.0 Å². The molecule has 3 aromatic heterocycles. The minimum Gasteiger partial charge on any atom is -0.755 e. The maximum Gasteiger partial charge on any atom is 0.224 e.